The average Bonchev–Trinajstić information content (AvgIpc) is 2.63. The second kappa shape index (κ2) is 10.2. The van der Waals surface area contributed by atoms with Crippen molar-refractivity contribution < 1.29 is 17.9 Å². The van der Waals surface area contributed by atoms with Crippen LogP contribution in [-0.4, -0.2) is 12.8 Å². The third kappa shape index (κ3) is 7.13. The van der Waals surface area contributed by atoms with Gasteiger partial charge in [-0.25, -0.2) is 0 Å². The SMILES string of the molecule is CCCCCCOc1ccc(C=NNc2cc(C(F)(F)F)ccc2Cl)cc1. The fraction of sp³-hybridized carbons (Fsp3) is 0.350. The molecule has 2 aromatic rings. The Kier molecular flexibility index (Phi) is 7.98. The van der Waals surface area contributed by atoms with Crippen LogP contribution in [0.5, 0.6) is 5.75 Å². The monoisotopic (exact) mass is 398 g/mol. The number of alkyl halides is 3. The molecule has 7 heteroatoms. The Balaban J connectivity index is 1.89. The molecule has 0 aromatic heterocycles. The fourth-order valence-electron chi connectivity index (χ4n) is 2.33. The molecule has 0 unspecified atom stereocenters. The minimum absolute atomic E-state index is 0.0924. The van der Waals surface area contributed by atoms with Gasteiger partial charge >= 0.3 is 6.18 Å². The molecule has 0 fully saturated rings. The zero-order chi connectivity index (χ0) is 19.7. The van der Waals surface area contributed by atoms with Crippen LogP contribution in [0.2, 0.25) is 5.02 Å². The molecule has 2 aromatic carbocycles. The van der Waals surface area contributed by atoms with Crippen LogP contribution >= 0.6 is 11.6 Å². The molecular weight excluding hydrogens is 377 g/mol. The van der Waals surface area contributed by atoms with Gasteiger partial charge < -0.3 is 4.74 Å². The number of unbranched alkanes of at least 4 members (excludes halogenated alkanes) is 3. The average molecular weight is 399 g/mol. The number of rotatable bonds is 9. The number of hydrogen-bond acceptors (Lipinski definition) is 3. The molecule has 1 N–H and O–H groups in total. The van der Waals surface area contributed by atoms with Gasteiger partial charge in [-0.15, -0.1) is 0 Å². The van der Waals surface area contributed by atoms with Gasteiger partial charge in [-0.3, -0.25) is 5.43 Å². The van der Waals surface area contributed by atoms with Gasteiger partial charge in [0.05, 0.1) is 29.1 Å². The van der Waals surface area contributed by atoms with Crippen LogP contribution in [0.1, 0.15) is 43.7 Å². The van der Waals surface area contributed by atoms with Crippen molar-refractivity contribution in [2.45, 2.75) is 38.8 Å². The zero-order valence-electron chi connectivity index (χ0n) is 15.0. The van der Waals surface area contributed by atoms with Crippen molar-refractivity contribution in [3.05, 3.63) is 58.6 Å². The lowest BCUT2D eigenvalue weighted by Gasteiger charge is -2.09. The van der Waals surface area contributed by atoms with E-state index in [2.05, 4.69) is 17.5 Å². The third-order valence-electron chi connectivity index (χ3n) is 3.84. The van der Waals surface area contributed by atoms with E-state index in [0.29, 0.717) is 6.61 Å². The Labute approximate surface area is 162 Å². The lowest BCUT2D eigenvalue weighted by atomic mass is 10.2. The Morgan fingerprint density at radius 3 is 2.48 bits per heavy atom. The fourth-order valence-corrected chi connectivity index (χ4v) is 2.49. The molecule has 0 saturated carbocycles. The number of ether oxygens (including phenoxy) is 1. The van der Waals surface area contributed by atoms with E-state index < -0.39 is 11.7 Å². The van der Waals surface area contributed by atoms with E-state index in [1.54, 1.807) is 0 Å². The summed E-state index contributed by atoms with van der Waals surface area (Å²) in [6.45, 7) is 2.85. The van der Waals surface area contributed by atoms with Crippen molar-refractivity contribution in [2.75, 3.05) is 12.0 Å². The highest BCUT2D eigenvalue weighted by Gasteiger charge is 2.30. The molecule has 0 amide bonds. The van der Waals surface area contributed by atoms with E-state index in [-0.39, 0.29) is 10.7 Å². The minimum Gasteiger partial charge on any atom is -0.494 e. The van der Waals surface area contributed by atoms with Crippen LogP contribution < -0.4 is 10.2 Å². The summed E-state index contributed by atoms with van der Waals surface area (Å²) in [7, 11) is 0. The molecule has 0 heterocycles. The van der Waals surface area contributed by atoms with Crippen LogP contribution in [-0.2, 0) is 6.18 Å². The van der Waals surface area contributed by atoms with Gasteiger partial charge in [0.2, 0.25) is 0 Å². The Bertz CT molecular complexity index is 746. The Hall–Kier alpha value is -2.21. The van der Waals surface area contributed by atoms with E-state index in [1.807, 2.05) is 24.3 Å². The van der Waals surface area contributed by atoms with Crippen molar-refractivity contribution in [1.82, 2.24) is 0 Å². The number of nitrogens with zero attached hydrogens (tertiary/aromatic N) is 1. The molecule has 0 saturated heterocycles. The number of benzene rings is 2. The summed E-state index contributed by atoms with van der Waals surface area (Å²) in [5.41, 5.74) is 2.64. The summed E-state index contributed by atoms with van der Waals surface area (Å²) in [5.74, 6) is 0.775. The number of hydrazone groups is 1. The molecule has 2 rings (SSSR count). The molecule has 0 spiro atoms. The molecule has 0 aliphatic carbocycles. The number of nitrogens with one attached hydrogen (secondary N) is 1. The highest BCUT2D eigenvalue weighted by molar-refractivity contribution is 6.33. The third-order valence-corrected chi connectivity index (χ3v) is 4.17. The number of halogens is 4. The van der Waals surface area contributed by atoms with Crippen LogP contribution in [0.25, 0.3) is 0 Å². The number of hydrogen-bond donors (Lipinski definition) is 1. The van der Waals surface area contributed by atoms with Crippen LogP contribution in [0, 0.1) is 0 Å². The van der Waals surface area contributed by atoms with Gasteiger partial charge in [-0.2, -0.15) is 18.3 Å². The van der Waals surface area contributed by atoms with Crippen molar-refractivity contribution >= 4 is 23.5 Å². The molecular formula is C20H22ClF3N2O. The first-order chi connectivity index (χ1) is 12.9. The molecule has 3 nitrogen and oxygen atoms in total. The lowest BCUT2D eigenvalue weighted by Crippen LogP contribution is -2.05. The van der Waals surface area contributed by atoms with Crippen molar-refractivity contribution in [3.8, 4) is 5.75 Å². The second-order valence-corrected chi connectivity index (χ2v) is 6.45. The summed E-state index contributed by atoms with van der Waals surface area (Å²) in [6, 6.07) is 10.3. The van der Waals surface area contributed by atoms with Gasteiger partial charge in [-0.1, -0.05) is 37.8 Å². The zero-order valence-corrected chi connectivity index (χ0v) is 15.8. The van der Waals surface area contributed by atoms with Crippen LogP contribution in [0.3, 0.4) is 0 Å². The molecule has 146 valence electrons. The second-order valence-electron chi connectivity index (χ2n) is 6.04. The first-order valence-corrected chi connectivity index (χ1v) is 9.16. The largest absolute Gasteiger partial charge is 0.494 e. The van der Waals surface area contributed by atoms with E-state index in [1.165, 1.54) is 25.1 Å². The van der Waals surface area contributed by atoms with Gasteiger partial charge in [0.25, 0.3) is 0 Å². The topological polar surface area (TPSA) is 33.6 Å². The maximum atomic E-state index is 12.8. The maximum Gasteiger partial charge on any atom is 0.416 e. The first-order valence-electron chi connectivity index (χ1n) is 8.79. The summed E-state index contributed by atoms with van der Waals surface area (Å²) in [5, 5.41) is 4.11. The van der Waals surface area contributed by atoms with E-state index in [9.17, 15) is 13.2 Å². The minimum atomic E-state index is -4.43. The Morgan fingerprint density at radius 2 is 1.81 bits per heavy atom. The predicted molar refractivity (Wildman–Crippen MR) is 104 cm³/mol. The maximum absolute atomic E-state index is 12.8. The summed E-state index contributed by atoms with van der Waals surface area (Å²) >= 11 is 5.91. The van der Waals surface area contributed by atoms with E-state index in [4.69, 9.17) is 16.3 Å². The summed E-state index contributed by atoms with van der Waals surface area (Å²) in [6.07, 6.45) is 1.65. The smallest absolute Gasteiger partial charge is 0.416 e. The highest BCUT2D eigenvalue weighted by atomic mass is 35.5. The van der Waals surface area contributed by atoms with Gasteiger partial charge in [0.15, 0.2) is 0 Å². The lowest BCUT2D eigenvalue weighted by molar-refractivity contribution is -0.137. The summed E-state index contributed by atoms with van der Waals surface area (Å²) < 4.78 is 43.9. The quantitative estimate of drug-likeness (QED) is 0.287. The van der Waals surface area contributed by atoms with Crippen LogP contribution in [0.15, 0.2) is 47.6 Å². The normalized spacial score (nSPS) is 11.7. The van der Waals surface area contributed by atoms with Crippen molar-refractivity contribution in [2.24, 2.45) is 5.10 Å². The molecule has 0 aliphatic heterocycles. The van der Waals surface area contributed by atoms with E-state index >= 15 is 0 Å². The molecule has 0 radical (unpaired) electrons. The van der Waals surface area contributed by atoms with E-state index in [0.717, 1.165) is 36.3 Å². The molecule has 27 heavy (non-hydrogen) atoms. The standard InChI is InChI=1S/C20H22ClF3N2O/c1-2-3-4-5-12-27-17-9-6-15(7-10-17)14-25-26-19-13-16(20(22,23)24)8-11-18(19)21/h6-11,13-14,26H,2-5,12H2,1H3. The Morgan fingerprint density at radius 1 is 1.07 bits per heavy atom. The highest BCUT2D eigenvalue weighted by Crippen LogP contribution is 2.33. The van der Waals surface area contributed by atoms with Crippen LogP contribution in [0.4, 0.5) is 18.9 Å². The summed E-state index contributed by atoms with van der Waals surface area (Å²) in [4.78, 5) is 0. The molecule has 0 atom stereocenters. The van der Waals surface area contributed by atoms with Gasteiger partial charge in [0.1, 0.15) is 5.75 Å². The van der Waals surface area contributed by atoms with Crippen molar-refractivity contribution in [1.29, 1.82) is 0 Å². The molecule has 0 aliphatic rings. The van der Waals surface area contributed by atoms with Crippen molar-refractivity contribution in [3.63, 3.8) is 0 Å². The predicted octanol–water partition coefficient (Wildman–Crippen LogP) is 6.76. The molecule has 0 bridgehead atoms. The van der Waals surface area contributed by atoms with Gasteiger partial charge in [0, 0.05) is 0 Å². The number of anilines is 1. The van der Waals surface area contributed by atoms with Gasteiger partial charge in [-0.05, 0) is 54.4 Å². The first kappa shape index (κ1) is 21.1.